The Morgan fingerprint density at radius 1 is 1.09 bits per heavy atom. The van der Waals surface area contributed by atoms with Crippen molar-refractivity contribution in [1.82, 2.24) is 4.90 Å². The number of carbonyl (C=O) groups excluding carboxylic acids is 2. The number of hydrogen-bond acceptors (Lipinski definition) is 5. The number of ketones is 1. The summed E-state index contributed by atoms with van der Waals surface area (Å²) in [6, 6.07) is 14.7. The van der Waals surface area contributed by atoms with Crippen LogP contribution in [0.4, 0.5) is 13.2 Å². The molecule has 172 valence electrons. The molecule has 0 aromatic heterocycles. The third-order valence-electron chi connectivity index (χ3n) is 6.06. The van der Waals surface area contributed by atoms with Crippen molar-refractivity contribution in [2.24, 2.45) is 10.9 Å². The predicted octanol–water partition coefficient (Wildman–Crippen LogP) is 4.39. The molecule has 0 spiro atoms. The van der Waals surface area contributed by atoms with Crippen molar-refractivity contribution in [3.8, 4) is 0 Å². The van der Waals surface area contributed by atoms with E-state index in [1.54, 1.807) is 6.92 Å². The lowest BCUT2D eigenvalue weighted by Crippen LogP contribution is -2.44. The summed E-state index contributed by atoms with van der Waals surface area (Å²) < 4.78 is 46.5. The second-order valence-electron chi connectivity index (χ2n) is 8.23. The number of nitrogens with zero attached hydrogens (tertiary/aromatic N) is 2. The number of benzene rings is 2. The van der Waals surface area contributed by atoms with Crippen molar-refractivity contribution < 1.29 is 27.5 Å². The van der Waals surface area contributed by atoms with E-state index in [1.165, 1.54) is 25.3 Å². The molecule has 0 amide bonds. The van der Waals surface area contributed by atoms with E-state index >= 15 is 0 Å². The Labute approximate surface area is 189 Å². The molecule has 0 saturated carbocycles. The zero-order chi connectivity index (χ0) is 23.8. The summed E-state index contributed by atoms with van der Waals surface area (Å²) in [6.07, 6.45) is -4.64. The Bertz CT molecular complexity index is 1140. The number of alkyl halides is 3. The Kier molecular flexibility index (Phi) is 6.21. The number of rotatable bonds is 4. The van der Waals surface area contributed by atoms with Gasteiger partial charge in [0, 0.05) is 30.3 Å². The summed E-state index contributed by atoms with van der Waals surface area (Å²) in [5, 5.41) is 0. The molecule has 2 aliphatic heterocycles. The Hall–Kier alpha value is -3.26. The first-order chi connectivity index (χ1) is 15.7. The minimum atomic E-state index is -4.64. The first kappa shape index (κ1) is 22.9. The van der Waals surface area contributed by atoms with Crippen LogP contribution < -0.4 is 0 Å². The lowest BCUT2D eigenvalue weighted by atomic mass is 9.72. The summed E-state index contributed by atoms with van der Waals surface area (Å²) in [7, 11) is 1.18. The zero-order valence-corrected chi connectivity index (χ0v) is 18.2. The molecular weight excluding hydrogens is 433 g/mol. The second-order valence-corrected chi connectivity index (χ2v) is 8.23. The van der Waals surface area contributed by atoms with E-state index in [4.69, 9.17) is 4.74 Å². The van der Waals surface area contributed by atoms with Crippen LogP contribution in [0.3, 0.4) is 0 Å². The topological polar surface area (TPSA) is 59.0 Å². The molecule has 2 heterocycles. The molecule has 2 aromatic rings. The fourth-order valence-corrected chi connectivity index (χ4v) is 4.69. The largest absolute Gasteiger partial charge is 0.468 e. The quantitative estimate of drug-likeness (QED) is 0.641. The van der Waals surface area contributed by atoms with Crippen LogP contribution in [-0.2, 0) is 27.0 Å². The maximum absolute atomic E-state index is 13.9. The van der Waals surface area contributed by atoms with E-state index in [-0.39, 0.29) is 23.5 Å². The van der Waals surface area contributed by atoms with Crippen molar-refractivity contribution in [2.75, 3.05) is 20.2 Å². The standard InChI is InChI=1S/C25H23F3N2O3/c1-15-21(24(32)33-2)22(17-10-6-7-11-18(17)25(26,27)28)23-19(29-15)13-30(14-20(23)31)12-16-8-4-3-5-9-16/h3-11,21-22H,12-14H2,1-2H3. The maximum Gasteiger partial charge on any atom is 0.416 e. The molecule has 0 aliphatic carbocycles. The fourth-order valence-electron chi connectivity index (χ4n) is 4.69. The van der Waals surface area contributed by atoms with Gasteiger partial charge in [0.05, 0.1) is 24.9 Å². The first-order valence-corrected chi connectivity index (χ1v) is 10.5. The van der Waals surface area contributed by atoms with Gasteiger partial charge in [0.25, 0.3) is 0 Å². The molecule has 2 unspecified atom stereocenters. The number of carbonyl (C=O) groups is 2. The van der Waals surface area contributed by atoms with Crippen molar-refractivity contribution in [3.63, 3.8) is 0 Å². The third kappa shape index (κ3) is 4.48. The molecule has 2 aromatic carbocycles. The monoisotopic (exact) mass is 456 g/mol. The van der Waals surface area contributed by atoms with E-state index in [0.29, 0.717) is 24.5 Å². The summed E-state index contributed by atoms with van der Waals surface area (Å²) in [4.78, 5) is 32.4. The summed E-state index contributed by atoms with van der Waals surface area (Å²) >= 11 is 0. The molecule has 2 aliphatic rings. The molecule has 2 atom stereocenters. The molecular formula is C25H23F3N2O3. The van der Waals surface area contributed by atoms with Gasteiger partial charge in [0.15, 0.2) is 5.78 Å². The fraction of sp³-hybridized carbons (Fsp3) is 0.320. The van der Waals surface area contributed by atoms with E-state index in [1.807, 2.05) is 35.2 Å². The number of Topliss-reactive ketones (excluding diaryl/α,β-unsaturated/α-hetero) is 1. The van der Waals surface area contributed by atoms with Gasteiger partial charge in [-0.1, -0.05) is 48.5 Å². The number of esters is 1. The normalized spacial score (nSPS) is 21.5. The van der Waals surface area contributed by atoms with Gasteiger partial charge in [-0.2, -0.15) is 13.2 Å². The van der Waals surface area contributed by atoms with Crippen molar-refractivity contribution in [2.45, 2.75) is 25.6 Å². The minimum Gasteiger partial charge on any atom is -0.468 e. The summed E-state index contributed by atoms with van der Waals surface area (Å²) in [6.45, 7) is 2.42. The molecule has 0 N–H and O–H groups in total. The lowest BCUT2D eigenvalue weighted by molar-refractivity contribution is -0.144. The van der Waals surface area contributed by atoms with Crippen LogP contribution in [-0.4, -0.2) is 42.6 Å². The van der Waals surface area contributed by atoms with Crippen molar-refractivity contribution >= 4 is 17.5 Å². The zero-order valence-electron chi connectivity index (χ0n) is 18.2. The second kappa shape index (κ2) is 8.94. The summed E-state index contributed by atoms with van der Waals surface area (Å²) in [5.41, 5.74) is 0.921. The third-order valence-corrected chi connectivity index (χ3v) is 6.06. The Balaban J connectivity index is 1.81. The van der Waals surface area contributed by atoms with Crippen molar-refractivity contribution in [1.29, 1.82) is 0 Å². The van der Waals surface area contributed by atoms with Crippen LogP contribution >= 0.6 is 0 Å². The smallest absolute Gasteiger partial charge is 0.416 e. The number of ether oxygens (including phenoxy) is 1. The highest BCUT2D eigenvalue weighted by Crippen LogP contribution is 2.45. The van der Waals surface area contributed by atoms with Gasteiger partial charge in [-0.05, 0) is 24.1 Å². The van der Waals surface area contributed by atoms with Crippen LogP contribution in [0.25, 0.3) is 0 Å². The van der Waals surface area contributed by atoms with Crippen LogP contribution in [0.2, 0.25) is 0 Å². The van der Waals surface area contributed by atoms with Crippen LogP contribution in [0.15, 0.2) is 70.9 Å². The van der Waals surface area contributed by atoms with Gasteiger partial charge in [-0.15, -0.1) is 0 Å². The molecule has 33 heavy (non-hydrogen) atoms. The van der Waals surface area contributed by atoms with Gasteiger partial charge in [0.2, 0.25) is 0 Å². The summed E-state index contributed by atoms with van der Waals surface area (Å²) in [5.74, 6) is -3.28. The highest BCUT2D eigenvalue weighted by Gasteiger charge is 2.47. The SMILES string of the molecule is COC(=O)C1C(C)=NC2=C(C(=O)CN(Cc3ccccc3)C2)C1c1ccccc1C(F)(F)F. The molecule has 8 heteroatoms. The van der Waals surface area contributed by atoms with Gasteiger partial charge >= 0.3 is 12.1 Å². The molecule has 0 bridgehead atoms. The first-order valence-electron chi connectivity index (χ1n) is 10.5. The highest BCUT2D eigenvalue weighted by molar-refractivity contribution is 6.09. The highest BCUT2D eigenvalue weighted by atomic mass is 19.4. The number of halogens is 3. The van der Waals surface area contributed by atoms with Gasteiger partial charge in [-0.3, -0.25) is 19.5 Å². The van der Waals surface area contributed by atoms with Gasteiger partial charge < -0.3 is 4.74 Å². The Morgan fingerprint density at radius 3 is 2.42 bits per heavy atom. The molecule has 4 rings (SSSR count). The van der Waals surface area contributed by atoms with Gasteiger partial charge in [-0.25, -0.2) is 0 Å². The minimum absolute atomic E-state index is 0.0286. The lowest BCUT2D eigenvalue weighted by Gasteiger charge is -2.38. The average molecular weight is 456 g/mol. The van der Waals surface area contributed by atoms with E-state index in [9.17, 15) is 22.8 Å². The molecule has 0 radical (unpaired) electrons. The van der Waals surface area contributed by atoms with Gasteiger partial charge in [0.1, 0.15) is 5.92 Å². The van der Waals surface area contributed by atoms with E-state index in [2.05, 4.69) is 4.99 Å². The average Bonchev–Trinajstić information content (AvgIpc) is 2.77. The predicted molar refractivity (Wildman–Crippen MR) is 117 cm³/mol. The molecule has 0 fully saturated rings. The maximum atomic E-state index is 13.9. The van der Waals surface area contributed by atoms with E-state index in [0.717, 1.165) is 11.6 Å². The Morgan fingerprint density at radius 2 is 1.76 bits per heavy atom. The van der Waals surface area contributed by atoms with Crippen molar-refractivity contribution in [3.05, 3.63) is 82.6 Å². The van der Waals surface area contributed by atoms with Crippen LogP contribution in [0, 0.1) is 5.92 Å². The van der Waals surface area contributed by atoms with Crippen LogP contribution in [0.5, 0.6) is 0 Å². The van der Waals surface area contributed by atoms with E-state index < -0.39 is 29.5 Å². The van der Waals surface area contributed by atoms with Crippen LogP contribution in [0.1, 0.15) is 29.5 Å². The number of hydrogen-bond donors (Lipinski definition) is 0. The molecule has 0 saturated heterocycles. The number of methoxy groups -OCH3 is 1. The number of aliphatic imine (C=N–C) groups is 1. The molecule has 5 nitrogen and oxygen atoms in total.